The van der Waals surface area contributed by atoms with Crippen LogP contribution in [0.3, 0.4) is 0 Å². The Bertz CT molecular complexity index is 1460. The van der Waals surface area contributed by atoms with Crippen LogP contribution in [0.15, 0.2) is 60.7 Å². The summed E-state index contributed by atoms with van der Waals surface area (Å²) in [7, 11) is 2.59. The molecule has 1 amide bonds. The van der Waals surface area contributed by atoms with Crippen molar-refractivity contribution in [3.63, 3.8) is 0 Å². The molecule has 4 rings (SSSR count). The van der Waals surface area contributed by atoms with Gasteiger partial charge in [-0.05, 0) is 48.9 Å². The number of methoxy groups -OCH3 is 2. The number of Topliss-reactive ketones (excluding diaryl/α,β-unsaturated/α-hetero) is 1. The third kappa shape index (κ3) is 4.71. The molecule has 1 saturated heterocycles. The number of aromatic hydroxyl groups is 1. The molecule has 11 heteroatoms. The number of ketones is 1. The molecule has 38 heavy (non-hydrogen) atoms. The zero-order valence-electron chi connectivity index (χ0n) is 20.8. The van der Waals surface area contributed by atoms with E-state index in [1.54, 1.807) is 37.3 Å². The molecule has 1 aliphatic heterocycles. The SMILES string of the molecule is C=CCOc1ccc(/C(O)=C2\C(=O)C(=O)N(c3nc(C)c(C(=O)OC)s3)C2c2ccc(O)c(OC)c2)cc1. The average molecular weight is 537 g/mol. The zero-order chi connectivity index (χ0) is 27.6. The van der Waals surface area contributed by atoms with E-state index >= 15 is 0 Å². The Labute approximate surface area is 222 Å². The normalized spacial score (nSPS) is 16.4. The molecule has 0 saturated carbocycles. The summed E-state index contributed by atoms with van der Waals surface area (Å²) in [4.78, 5) is 44.6. The van der Waals surface area contributed by atoms with Crippen molar-refractivity contribution in [3.05, 3.63) is 82.4 Å². The minimum absolute atomic E-state index is 0.0641. The maximum absolute atomic E-state index is 13.4. The molecule has 2 heterocycles. The van der Waals surface area contributed by atoms with E-state index in [9.17, 15) is 24.6 Å². The summed E-state index contributed by atoms with van der Waals surface area (Å²) in [5, 5.41) is 21.5. The van der Waals surface area contributed by atoms with Crippen molar-refractivity contribution in [2.45, 2.75) is 13.0 Å². The standard InChI is InChI=1S/C27H24N2O8S/c1-5-12-37-17-9-6-15(7-10-17)22(31)20-21(16-8-11-18(30)19(13-16)35-3)29(25(33)23(20)32)27-28-14(2)24(38-27)26(34)36-4/h5-11,13,21,30-31H,1,12H2,2-4H3/b22-20+. The number of esters is 1. The number of rotatable bonds is 8. The highest BCUT2D eigenvalue weighted by atomic mass is 32.1. The van der Waals surface area contributed by atoms with Crippen LogP contribution < -0.4 is 14.4 Å². The van der Waals surface area contributed by atoms with Crippen molar-refractivity contribution in [2.24, 2.45) is 0 Å². The van der Waals surface area contributed by atoms with Gasteiger partial charge in [0, 0.05) is 5.56 Å². The molecule has 1 unspecified atom stereocenters. The summed E-state index contributed by atoms with van der Waals surface area (Å²) in [5.41, 5.74) is 0.750. The van der Waals surface area contributed by atoms with Crippen LogP contribution >= 0.6 is 11.3 Å². The molecule has 1 atom stereocenters. The largest absolute Gasteiger partial charge is 0.507 e. The third-order valence-electron chi connectivity index (χ3n) is 5.82. The van der Waals surface area contributed by atoms with Crippen molar-refractivity contribution in [2.75, 3.05) is 25.7 Å². The number of phenols is 1. The number of nitrogens with zero attached hydrogens (tertiary/aromatic N) is 2. The van der Waals surface area contributed by atoms with Gasteiger partial charge in [0.15, 0.2) is 16.6 Å². The number of hydrogen-bond acceptors (Lipinski definition) is 10. The third-order valence-corrected chi connectivity index (χ3v) is 6.96. The molecule has 2 aromatic carbocycles. The Kier molecular flexibility index (Phi) is 7.49. The van der Waals surface area contributed by atoms with Crippen LogP contribution in [0.25, 0.3) is 5.76 Å². The lowest BCUT2D eigenvalue weighted by Gasteiger charge is -2.23. The lowest BCUT2D eigenvalue weighted by atomic mass is 9.95. The Morgan fingerprint density at radius 3 is 2.53 bits per heavy atom. The molecule has 196 valence electrons. The van der Waals surface area contributed by atoms with Gasteiger partial charge in [0.2, 0.25) is 0 Å². The number of thiazole rings is 1. The monoisotopic (exact) mass is 536 g/mol. The molecule has 2 N–H and O–H groups in total. The predicted molar refractivity (Wildman–Crippen MR) is 140 cm³/mol. The molecule has 1 aromatic heterocycles. The van der Waals surface area contributed by atoms with Crippen molar-refractivity contribution < 1.29 is 38.8 Å². The first kappa shape index (κ1) is 26.4. The number of phenolic OH excluding ortho intramolecular Hbond substituents is 1. The summed E-state index contributed by atoms with van der Waals surface area (Å²) < 4.78 is 15.5. The van der Waals surface area contributed by atoms with Gasteiger partial charge >= 0.3 is 11.9 Å². The van der Waals surface area contributed by atoms with Gasteiger partial charge in [-0.2, -0.15) is 0 Å². The molecule has 0 aliphatic carbocycles. The van der Waals surface area contributed by atoms with E-state index in [1.165, 1.54) is 32.4 Å². The first-order valence-electron chi connectivity index (χ1n) is 11.3. The average Bonchev–Trinajstić information content (AvgIpc) is 3.43. The zero-order valence-corrected chi connectivity index (χ0v) is 21.6. The number of carbonyl (C=O) groups excluding carboxylic acids is 3. The molecule has 3 aromatic rings. The number of aliphatic hydroxyl groups excluding tert-OH is 1. The van der Waals surface area contributed by atoms with Crippen LogP contribution in [-0.2, 0) is 14.3 Å². The number of anilines is 1. The van der Waals surface area contributed by atoms with Crippen molar-refractivity contribution in [3.8, 4) is 17.2 Å². The molecule has 1 aliphatic rings. The number of aryl methyl sites for hydroxylation is 1. The van der Waals surface area contributed by atoms with E-state index < -0.39 is 29.5 Å². The lowest BCUT2D eigenvalue weighted by molar-refractivity contribution is -0.132. The van der Waals surface area contributed by atoms with E-state index in [0.717, 1.165) is 16.2 Å². The van der Waals surface area contributed by atoms with Gasteiger partial charge in [-0.15, -0.1) is 0 Å². The Hall–Kier alpha value is -4.64. The Morgan fingerprint density at radius 1 is 1.18 bits per heavy atom. The topological polar surface area (TPSA) is 135 Å². The van der Waals surface area contributed by atoms with E-state index in [1.807, 2.05) is 0 Å². The summed E-state index contributed by atoms with van der Waals surface area (Å²) in [6.07, 6.45) is 1.59. The van der Waals surface area contributed by atoms with Gasteiger partial charge in [0.05, 0.1) is 31.5 Å². The highest BCUT2D eigenvalue weighted by molar-refractivity contribution is 7.17. The molecule has 0 spiro atoms. The highest BCUT2D eigenvalue weighted by Crippen LogP contribution is 2.45. The first-order chi connectivity index (χ1) is 18.2. The van der Waals surface area contributed by atoms with Gasteiger partial charge in [0.1, 0.15) is 23.0 Å². The molecular weight excluding hydrogens is 512 g/mol. The maximum atomic E-state index is 13.4. The van der Waals surface area contributed by atoms with E-state index in [4.69, 9.17) is 14.2 Å². The second kappa shape index (κ2) is 10.8. The van der Waals surface area contributed by atoms with Gasteiger partial charge < -0.3 is 24.4 Å². The summed E-state index contributed by atoms with van der Waals surface area (Å²) in [6.45, 7) is 5.47. The fourth-order valence-electron chi connectivity index (χ4n) is 4.00. The number of amides is 1. The molecule has 1 fully saturated rings. The first-order valence-corrected chi connectivity index (χ1v) is 12.1. The lowest BCUT2D eigenvalue weighted by Crippen LogP contribution is -2.29. The van der Waals surface area contributed by atoms with Crippen LogP contribution in [0, 0.1) is 6.92 Å². The van der Waals surface area contributed by atoms with Crippen LogP contribution in [-0.4, -0.2) is 53.7 Å². The number of carbonyl (C=O) groups is 3. The van der Waals surface area contributed by atoms with Crippen LogP contribution in [0.4, 0.5) is 5.13 Å². The van der Waals surface area contributed by atoms with E-state index in [0.29, 0.717) is 23.6 Å². The smallest absolute Gasteiger partial charge is 0.350 e. The molecule has 10 nitrogen and oxygen atoms in total. The summed E-state index contributed by atoms with van der Waals surface area (Å²) in [6, 6.07) is 9.50. The van der Waals surface area contributed by atoms with Crippen molar-refractivity contribution in [1.29, 1.82) is 0 Å². The Morgan fingerprint density at radius 2 is 1.89 bits per heavy atom. The van der Waals surface area contributed by atoms with E-state index in [-0.39, 0.29) is 32.6 Å². The van der Waals surface area contributed by atoms with Crippen molar-refractivity contribution >= 4 is 39.9 Å². The fourth-order valence-corrected chi connectivity index (χ4v) is 5.01. The van der Waals surface area contributed by atoms with Gasteiger partial charge in [0.25, 0.3) is 5.78 Å². The highest BCUT2D eigenvalue weighted by Gasteiger charge is 2.48. The number of aromatic nitrogens is 1. The Balaban J connectivity index is 1.90. The van der Waals surface area contributed by atoms with Crippen molar-refractivity contribution in [1.82, 2.24) is 4.98 Å². The molecule has 0 bridgehead atoms. The second-order valence-electron chi connectivity index (χ2n) is 8.13. The molecular formula is C27H24N2O8S. The summed E-state index contributed by atoms with van der Waals surface area (Å²) >= 11 is 0.884. The fraction of sp³-hybridized carbons (Fsp3) is 0.185. The number of aliphatic hydroxyl groups is 1. The van der Waals surface area contributed by atoms with Gasteiger partial charge in [-0.1, -0.05) is 30.1 Å². The van der Waals surface area contributed by atoms with Crippen LogP contribution in [0.1, 0.15) is 32.5 Å². The predicted octanol–water partition coefficient (Wildman–Crippen LogP) is 4.14. The number of hydrogen-bond donors (Lipinski definition) is 2. The number of ether oxygens (including phenoxy) is 3. The van der Waals surface area contributed by atoms with Crippen LogP contribution in [0.5, 0.6) is 17.2 Å². The second-order valence-corrected chi connectivity index (χ2v) is 9.10. The van der Waals surface area contributed by atoms with Gasteiger partial charge in [-0.25, -0.2) is 9.78 Å². The maximum Gasteiger partial charge on any atom is 0.350 e. The minimum Gasteiger partial charge on any atom is -0.507 e. The van der Waals surface area contributed by atoms with Crippen LogP contribution in [0.2, 0.25) is 0 Å². The quantitative estimate of drug-likeness (QED) is 0.143. The van der Waals surface area contributed by atoms with Gasteiger partial charge in [-0.3, -0.25) is 14.5 Å². The minimum atomic E-state index is -1.14. The summed E-state index contributed by atoms with van der Waals surface area (Å²) in [5.74, 6) is -2.47. The van der Waals surface area contributed by atoms with E-state index in [2.05, 4.69) is 11.6 Å². The number of benzene rings is 2. The molecule has 0 radical (unpaired) electrons.